The fourth-order valence-electron chi connectivity index (χ4n) is 0.783. The van der Waals surface area contributed by atoms with Gasteiger partial charge in [-0.1, -0.05) is 0 Å². The van der Waals surface area contributed by atoms with Crippen molar-refractivity contribution in [1.82, 2.24) is 11.1 Å². The van der Waals surface area contributed by atoms with E-state index in [-0.39, 0.29) is 0 Å². The maximum Gasteiger partial charge on any atom is 0.119 e. The Morgan fingerprint density at radius 2 is 1.92 bits per heavy atom. The van der Waals surface area contributed by atoms with E-state index in [0.29, 0.717) is 0 Å². The van der Waals surface area contributed by atoms with Gasteiger partial charge in [-0.05, 0) is 24.3 Å². The lowest BCUT2D eigenvalue weighted by molar-refractivity contribution is 0.415. The van der Waals surface area contributed by atoms with Gasteiger partial charge in [0.25, 0.3) is 0 Å². The molecular formula is C7H12N4O. The fraction of sp³-hybridized carbons (Fsp3) is 0.143. The molecule has 0 bridgehead atoms. The normalized spacial score (nSPS) is 9.50. The summed E-state index contributed by atoms with van der Waals surface area (Å²) in [5.74, 6) is 5.80. The molecule has 0 saturated heterocycles. The number of methoxy groups -OCH3 is 1. The molecule has 0 unspecified atom stereocenters. The van der Waals surface area contributed by atoms with E-state index in [2.05, 4.69) is 16.5 Å². The van der Waals surface area contributed by atoms with Gasteiger partial charge in [0.15, 0.2) is 0 Å². The molecule has 0 heterocycles. The van der Waals surface area contributed by atoms with E-state index >= 15 is 0 Å². The molecule has 0 amide bonds. The highest BCUT2D eigenvalue weighted by Crippen LogP contribution is 2.13. The van der Waals surface area contributed by atoms with Gasteiger partial charge in [0.2, 0.25) is 0 Å². The molecule has 0 atom stereocenters. The number of ether oxygens (including phenoxy) is 1. The highest BCUT2D eigenvalue weighted by molar-refractivity contribution is 5.45. The molecule has 0 saturated carbocycles. The molecule has 0 aliphatic carbocycles. The Morgan fingerprint density at radius 3 is 2.42 bits per heavy atom. The number of benzene rings is 1. The van der Waals surface area contributed by atoms with Crippen molar-refractivity contribution in [2.24, 2.45) is 5.84 Å². The molecule has 1 aromatic carbocycles. The van der Waals surface area contributed by atoms with E-state index in [1.807, 2.05) is 24.3 Å². The molecule has 12 heavy (non-hydrogen) atoms. The van der Waals surface area contributed by atoms with Gasteiger partial charge in [-0.2, -0.15) is 11.1 Å². The van der Waals surface area contributed by atoms with Gasteiger partial charge in [-0.25, -0.2) is 0 Å². The summed E-state index contributed by atoms with van der Waals surface area (Å²) in [4.78, 5) is 0. The summed E-state index contributed by atoms with van der Waals surface area (Å²) < 4.78 is 4.99. The van der Waals surface area contributed by atoms with Crippen LogP contribution in [-0.2, 0) is 0 Å². The van der Waals surface area contributed by atoms with E-state index in [1.165, 1.54) is 0 Å². The summed E-state index contributed by atoms with van der Waals surface area (Å²) in [5, 5.41) is 0. The second kappa shape index (κ2) is 4.55. The Bertz CT molecular complexity index is 223. The minimum absolute atomic E-state index is 0.821. The third-order valence-electron chi connectivity index (χ3n) is 1.37. The third kappa shape index (κ3) is 2.39. The molecule has 5 N–H and O–H groups in total. The first-order chi connectivity index (χ1) is 5.86. The van der Waals surface area contributed by atoms with Crippen molar-refractivity contribution in [3.8, 4) is 5.75 Å². The fourth-order valence-corrected chi connectivity index (χ4v) is 0.783. The predicted molar refractivity (Wildman–Crippen MR) is 47.1 cm³/mol. The van der Waals surface area contributed by atoms with Crippen LogP contribution in [0.4, 0.5) is 5.69 Å². The van der Waals surface area contributed by atoms with Gasteiger partial charge in [-0.15, -0.1) is 0 Å². The van der Waals surface area contributed by atoms with Crippen LogP contribution in [0.1, 0.15) is 0 Å². The Hall–Kier alpha value is -1.30. The van der Waals surface area contributed by atoms with E-state index in [1.54, 1.807) is 7.11 Å². The molecule has 5 nitrogen and oxygen atoms in total. The molecule has 1 aromatic rings. The molecule has 0 aliphatic rings. The van der Waals surface area contributed by atoms with Crippen LogP contribution in [0, 0.1) is 0 Å². The lowest BCUT2D eigenvalue weighted by Gasteiger charge is -2.06. The Morgan fingerprint density at radius 1 is 1.25 bits per heavy atom. The van der Waals surface area contributed by atoms with Gasteiger partial charge in [0.1, 0.15) is 5.75 Å². The largest absolute Gasteiger partial charge is 0.497 e. The lowest BCUT2D eigenvalue weighted by Crippen LogP contribution is -2.41. The quantitative estimate of drug-likeness (QED) is 0.376. The number of rotatable bonds is 4. The van der Waals surface area contributed by atoms with Crippen LogP contribution in [0.25, 0.3) is 0 Å². The van der Waals surface area contributed by atoms with Crippen molar-refractivity contribution >= 4 is 5.69 Å². The summed E-state index contributed by atoms with van der Waals surface area (Å²) in [6.07, 6.45) is 0. The molecule has 0 fully saturated rings. The maximum absolute atomic E-state index is 4.99. The summed E-state index contributed by atoms with van der Waals surface area (Å²) in [5.41, 5.74) is 8.49. The van der Waals surface area contributed by atoms with E-state index < -0.39 is 0 Å². The first-order valence-corrected chi connectivity index (χ1v) is 3.47. The zero-order valence-electron chi connectivity index (χ0n) is 6.79. The van der Waals surface area contributed by atoms with Crippen LogP contribution < -0.4 is 27.1 Å². The number of nitrogens with two attached hydrogens (primary N) is 1. The lowest BCUT2D eigenvalue weighted by atomic mass is 10.3. The number of anilines is 1. The van der Waals surface area contributed by atoms with Crippen LogP contribution in [0.2, 0.25) is 0 Å². The zero-order valence-corrected chi connectivity index (χ0v) is 6.79. The third-order valence-corrected chi connectivity index (χ3v) is 1.37. The van der Waals surface area contributed by atoms with E-state index in [0.717, 1.165) is 11.4 Å². The Kier molecular flexibility index (Phi) is 3.34. The Balaban J connectivity index is 2.53. The van der Waals surface area contributed by atoms with Crippen molar-refractivity contribution in [2.45, 2.75) is 0 Å². The molecular weight excluding hydrogens is 156 g/mol. The highest BCUT2D eigenvalue weighted by Gasteiger charge is 1.90. The minimum Gasteiger partial charge on any atom is -0.497 e. The second-order valence-corrected chi connectivity index (χ2v) is 2.12. The molecule has 0 aromatic heterocycles. The topological polar surface area (TPSA) is 71.3 Å². The SMILES string of the molecule is COc1ccc(NNNN)cc1. The summed E-state index contributed by atoms with van der Waals surface area (Å²) in [6.45, 7) is 0. The number of hydrazine groups is 3. The summed E-state index contributed by atoms with van der Waals surface area (Å²) in [7, 11) is 1.63. The standard InChI is InChI=1S/C7H12N4O/c1-12-7-4-2-6(3-5-7)9-11-10-8/h2-5,9-11H,8H2,1H3. The molecule has 5 heteroatoms. The van der Waals surface area contributed by atoms with Gasteiger partial charge in [-0.3, -0.25) is 5.84 Å². The molecule has 66 valence electrons. The molecule has 0 aliphatic heterocycles. The van der Waals surface area contributed by atoms with Gasteiger partial charge >= 0.3 is 0 Å². The summed E-state index contributed by atoms with van der Waals surface area (Å²) >= 11 is 0. The molecule has 0 radical (unpaired) electrons. The van der Waals surface area contributed by atoms with Gasteiger partial charge in [0.05, 0.1) is 12.8 Å². The van der Waals surface area contributed by atoms with Crippen LogP contribution in [0.15, 0.2) is 24.3 Å². The van der Waals surface area contributed by atoms with Crippen molar-refractivity contribution in [1.29, 1.82) is 0 Å². The van der Waals surface area contributed by atoms with Crippen molar-refractivity contribution in [3.05, 3.63) is 24.3 Å². The summed E-state index contributed by atoms with van der Waals surface area (Å²) in [6, 6.07) is 7.42. The first kappa shape index (κ1) is 8.79. The van der Waals surface area contributed by atoms with Crippen molar-refractivity contribution in [2.75, 3.05) is 12.5 Å². The monoisotopic (exact) mass is 168 g/mol. The molecule has 1 rings (SSSR count). The van der Waals surface area contributed by atoms with E-state index in [9.17, 15) is 0 Å². The number of nitrogens with one attached hydrogen (secondary N) is 3. The Labute approximate surface area is 70.8 Å². The van der Waals surface area contributed by atoms with Crippen molar-refractivity contribution in [3.63, 3.8) is 0 Å². The van der Waals surface area contributed by atoms with Gasteiger partial charge in [0, 0.05) is 0 Å². The molecule has 0 spiro atoms. The average Bonchev–Trinajstić information content (AvgIpc) is 2.15. The number of hydrogen-bond donors (Lipinski definition) is 4. The van der Waals surface area contributed by atoms with Crippen molar-refractivity contribution < 1.29 is 4.74 Å². The predicted octanol–water partition coefficient (Wildman–Crippen LogP) is -0.0100. The average molecular weight is 168 g/mol. The van der Waals surface area contributed by atoms with Gasteiger partial charge < -0.3 is 10.2 Å². The van der Waals surface area contributed by atoms with E-state index in [4.69, 9.17) is 10.6 Å². The van der Waals surface area contributed by atoms with Crippen LogP contribution in [0.5, 0.6) is 5.75 Å². The van der Waals surface area contributed by atoms with Crippen LogP contribution in [0.3, 0.4) is 0 Å². The zero-order chi connectivity index (χ0) is 8.81. The first-order valence-electron chi connectivity index (χ1n) is 3.47. The smallest absolute Gasteiger partial charge is 0.119 e. The van der Waals surface area contributed by atoms with Crippen LogP contribution in [-0.4, -0.2) is 7.11 Å². The second-order valence-electron chi connectivity index (χ2n) is 2.12. The number of hydrogen-bond acceptors (Lipinski definition) is 5. The highest BCUT2D eigenvalue weighted by atomic mass is 16.5. The maximum atomic E-state index is 4.99. The minimum atomic E-state index is 0.821. The van der Waals surface area contributed by atoms with Crippen LogP contribution >= 0.6 is 0 Å².